The molecular weight excluding hydrogens is 369 g/mol. The molecule has 0 radical (unpaired) electrons. The molecule has 1 aromatic heterocycles. The van der Waals surface area contributed by atoms with Crippen LogP contribution in [0.2, 0.25) is 5.02 Å². The van der Waals surface area contributed by atoms with Gasteiger partial charge >= 0.3 is 0 Å². The van der Waals surface area contributed by atoms with Crippen LogP contribution in [-0.2, 0) is 11.3 Å². The first-order valence-corrected chi connectivity index (χ1v) is 8.88. The van der Waals surface area contributed by atoms with Crippen LogP contribution in [0.1, 0.15) is 11.3 Å². The number of rotatable bonds is 6. The van der Waals surface area contributed by atoms with Gasteiger partial charge in [-0.05, 0) is 55.5 Å². The average Bonchev–Trinajstić information content (AvgIpc) is 2.98. The number of carbonyl (C=O) groups is 1. The summed E-state index contributed by atoms with van der Waals surface area (Å²) in [6, 6.07) is 13.0. The molecule has 5 nitrogen and oxygen atoms in total. The zero-order valence-electron chi connectivity index (χ0n) is 15.1. The summed E-state index contributed by atoms with van der Waals surface area (Å²) in [6.07, 6.45) is 0. The zero-order chi connectivity index (χ0) is 19.4. The number of hydrogen-bond acceptors (Lipinski definition) is 3. The molecule has 2 N–H and O–H groups in total. The van der Waals surface area contributed by atoms with Crippen molar-refractivity contribution in [2.24, 2.45) is 0 Å². The Hall–Kier alpha value is -2.70. The molecule has 140 valence electrons. The highest BCUT2D eigenvalue weighted by atomic mass is 35.5. The first-order valence-electron chi connectivity index (χ1n) is 8.50. The molecule has 7 heteroatoms. The maximum Gasteiger partial charge on any atom is 0.279 e. The lowest BCUT2D eigenvalue weighted by Gasteiger charge is -2.13. The van der Waals surface area contributed by atoms with E-state index in [0.29, 0.717) is 23.0 Å². The summed E-state index contributed by atoms with van der Waals surface area (Å²) in [5.41, 5.74) is 3.13. The summed E-state index contributed by atoms with van der Waals surface area (Å²) in [6.45, 7) is 2.72. The lowest BCUT2D eigenvalue weighted by Crippen LogP contribution is -3.08. The monoisotopic (exact) mass is 388 g/mol. The molecule has 2 aromatic carbocycles. The number of aromatic nitrogens is 1. The molecule has 3 rings (SSSR count). The van der Waals surface area contributed by atoms with Gasteiger partial charge in [0.05, 0.1) is 7.05 Å². The molecule has 0 aliphatic carbocycles. The Kier molecular flexibility index (Phi) is 5.88. The van der Waals surface area contributed by atoms with Crippen molar-refractivity contribution in [3.8, 4) is 11.3 Å². The van der Waals surface area contributed by atoms with E-state index in [1.165, 1.54) is 12.1 Å². The van der Waals surface area contributed by atoms with Gasteiger partial charge in [0.1, 0.15) is 18.1 Å². The normalized spacial score (nSPS) is 12.0. The average molecular weight is 389 g/mol. The van der Waals surface area contributed by atoms with E-state index in [1.807, 2.05) is 14.0 Å². The quantitative estimate of drug-likeness (QED) is 0.682. The minimum absolute atomic E-state index is 0.102. The van der Waals surface area contributed by atoms with E-state index in [1.54, 1.807) is 36.4 Å². The van der Waals surface area contributed by atoms with Crippen molar-refractivity contribution in [3.05, 3.63) is 70.6 Å². The molecule has 27 heavy (non-hydrogen) atoms. The van der Waals surface area contributed by atoms with Crippen LogP contribution in [0.15, 0.2) is 53.1 Å². The van der Waals surface area contributed by atoms with Crippen LogP contribution in [0.3, 0.4) is 0 Å². The van der Waals surface area contributed by atoms with E-state index in [-0.39, 0.29) is 18.3 Å². The Morgan fingerprint density at radius 2 is 1.85 bits per heavy atom. The van der Waals surface area contributed by atoms with Crippen LogP contribution in [0.5, 0.6) is 0 Å². The second-order valence-electron chi connectivity index (χ2n) is 6.46. The van der Waals surface area contributed by atoms with Gasteiger partial charge in [-0.3, -0.25) is 4.79 Å². The van der Waals surface area contributed by atoms with E-state index in [2.05, 4.69) is 10.5 Å². The van der Waals surface area contributed by atoms with Gasteiger partial charge in [-0.1, -0.05) is 16.8 Å². The maximum absolute atomic E-state index is 13.1. The Morgan fingerprint density at radius 3 is 2.52 bits per heavy atom. The molecular formula is C20H20ClFN3O2+. The fourth-order valence-corrected chi connectivity index (χ4v) is 2.89. The summed E-state index contributed by atoms with van der Waals surface area (Å²) in [5, 5.41) is 7.58. The van der Waals surface area contributed by atoms with Crippen LogP contribution in [0.4, 0.5) is 10.1 Å². The highest BCUT2D eigenvalue weighted by Crippen LogP contribution is 2.25. The van der Waals surface area contributed by atoms with Crippen LogP contribution >= 0.6 is 11.6 Å². The van der Waals surface area contributed by atoms with E-state index < -0.39 is 0 Å². The number of nitrogens with one attached hydrogen (secondary N) is 2. The molecule has 0 saturated heterocycles. The lowest BCUT2D eigenvalue weighted by atomic mass is 10.1. The van der Waals surface area contributed by atoms with E-state index >= 15 is 0 Å². The van der Waals surface area contributed by atoms with Crippen LogP contribution in [0, 0.1) is 12.7 Å². The third kappa shape index (κ3) is 4.93. The smallest absolute Gasteiger partial charge is 0.279 e. The third-order valence-corrected chi connectivity index (χ3v) is 4.44. The lowest BCUT2D eigenvalue weighted by molar-refractivity contribution is -0.885. The molecule has 0 spiro atoms. The second-order valence-corrected chi connectivity index (χ2v) is 6.89. The Balaban J connectivity index is 1.60. The molecule has 1 amide bonds. The minimum atomic E-state index is -0.299. The first-order chi connectivity index (χ1) is 12.9. The van der Waals surface area contributed by atoms with Gasteiger partial charge in [0, 0.05) is 21.8 Å². The molecule has 3 aromatic rings. The number of benzene rings is 2. The van der Waals surface area contributed by atoms with Crippen molar-refractivity contribution in [3.63, 3.8) is 0 Å². The summed E-state index contributed by atoms with van der Waals surface area (Å²) < 4.78 is 18.5. The van der Waals surface area contributed by atoms with Crippen molar-refractivity contribution < 1.29 is 18.6 Å². The highest BCUT2D eigenvalue weighted by Gasteiger charge is 2.18. The maximum atomic E-state index is 13.1. The fourth-order valence-electron chi connectivity index (χ4n) is 2.76. The Bertz CT molecular complexity index is 923. The van der Waals surface area contributed by atoms with Gasteiger partial charge in [-0.15, -0.1) is 0 Å². The number of quaternary nitrogens is 1. The largest absolute Gasteiger partial charge is 0.356 e. The first kappa shape index (κ1) is 19.1. The Morgan fingerprint density at radius 1 is 1.19 bits per heavy atom. The SMILES string of the molecule is Cc1c(C[NH+](C)CC(=O)Nc2ccc(Cl)cc2)noc1-c1ccc(F)cc1. The van der Waals surface area contributed by atoms with Crippen molar-refractivity contribution in [1.29, 1.82) is 0 Å². The molecule has 0 fully saturated rings. The van der Waals surface area contributed by atoms with E-state index in [9.17, 15) is 9.18 Å². The topological polar surface area (TPSA) is 59.6 Å². The molecule has 1 heterocycles. The van der Waals surface area contributed by atoms with E-state index in [0.717, 1.165) is 21.7 Å². The highest BCUT2D eigenvalue weighted by molar-refractivity contribution is 6.30. The standard InChI is InChI=1S/C20H19ClFN3O2/c1-13-18(24-27-20(13)14-3-7-16(22)8-4-14)11-25(2)12-19(26)23-17-9-5-15(21)6-10-17/h3-10H,11-12H2,1-2H3,(H,23,26)/p+1. The van der Waals surface area contributed by atoms with Crippen molar-refractivity contribution in [1.82, 2.24) is 5.16 Å². The van der Waals surface area contributed by atoms with Crippen LogP contribution in [0.25, 0.3) is 11.3 Å². The number of anilines is 1. The van der Waals surface area contributed by atoms with Crippen molar-refractivity contribution in [2.75, 3.05) is 18.9 Å². The molecule has 0 saturated carbocycles. The van der Waals surface area contributed by atoms with Gasteiger partial charge in [-0.25, -0.2) is 4.39 Å². The van der Waals surface area contributed by atoms with Gasteiger partial charge in [0.15, 0.2) is 12.3 Å². The zero-order valence-corrected chi connectivity index (χ0v) is 15.8. The molecule has 0 aliphatic heterocycles. The predicted molar refractivity (Wildman–Crippen MR) is 102 cm³/mol. The van der Waals surface area contributed by atoms with Crippen LogP contribution in [-0.4, -0.2) is 24.7 Å². The van der Waals surface area contributed by atoms with E-state index in [4.69, 9.17) is 16.1 Å². The number of hydrogen-bond donors (Lipinski definition) is 2. The molecule has 0 aliphatic rings. The second kappa shape index (κ2) is 8.33. The predicted octanol–water partition coefficient (Wildman–Crippen LogP) is 3.10. The minimum Gasteiger partial charge on any atom is -0.356 e. The molecule has 0 bridgehead atoms. The van der Waals surface area contributed by atoms with Gasteiger partial charge in [0.25, 0.3) is 5.91 Å². The third-order valence-electron chi connectivity index (χ3n) is 4.19. The summed E-state index contributed by atoms with van der Waals surface area (Å²) >= 11 is 5.84. The number of likely N-dealkylation sites (N-methyl/N-ethyl adjacent to an activating group) is 1. The Labute approximate surface area is 161 Å². The number of halogens is 2. The van der Waals surface area contributed by atoms with Gasteiger partial charge in [0.2, 0.25) is 0 Å². The molecule has 1 unspecified atom stereocenters. The number of amides is 1. The number of carbonyl (C=O) groups excluding carboxylic acids is 1. The van der Waals surface area contributed by atoms with Crippen molar-refractivity contribution in [2.45, 2.75) is 13.5 Å². The number of nitrogens with zero attached hydrogens (tertiary/aromatic N) is 1. The summed E-state index contributed by atoms with van der Waals surface area (Å²) in [4.78, 5) is 13.2. The van der Waals surface area contributed by atoms with Gasteiger partial charge < -0.3 is 14.7 Å². The summed E-state index contributed by atoms with van der Waals surface area (Å²) in [7, 11) is 1.91. The summed E-state index contributed by atoms with van der Waals surface area (Å²) in [5.74, 6) is 0.213. The fraction of sp³-hybridized carbons (Fsp3) is 0.200. The van der Waals surface area contributed by atoms with Gasteiger partial charge in [-0.2, -0.15) is 0 Å². The molecule has 1 atom stereocenters. The van der Waals surface area contributed by atoms with Crippen LogP contribution < -0.4 is 10.2 Å². The van der Waals surface area contributed by atoms with Crippen molar-refractivity contribution >= 4 is 23.2 Å².